The van der Waals surface area contributed by atoms with Crippen molar-refractivity contribution in [1.82, 2.24) is 4.98 Å². The van der Waals surface area contributed by atoms with Crippen molar-refractivity contribution < 1.29 is 0 Å². The Labute approximate surface area is 107 Å². The van der Waals surface area contributed by atoms with Crippen molar-refractivity contribution in [1.29, 1.82) is 0 Å². The maximum absolute atomic E-state index is 5.98. The van der Waals surface area contributed by atoms with Gasteiger partial charge >= 0.3 is 0 Å². The van der Waals surface area contributed by atoms with Gasteiger partial charge in [0.15, 0.2) is 0 Å². The first-order valence-corrected chi connectivity index (χ1v) is 6.04. The van der Waals surface area contributed by atoms with Gasteiger partial charge in [-0.15, -0.1) is 0 Å². The van der Waals surface area contributed by atoms with E-state index in [0.717, 1.165) is 18.9 Å². The predicted molar refractivity (Wildman–Crippen MR) is 68.7 cm³/mol. The number of H-pyrrole nitrogens is 1. The molecule has 0 spiro atoms. The fourth-order valence-corrected chi connectivity index (χ4v) is 2.43. The Bertz CT molecular complexity index is 480. The molecule has 0 unspecified atom stereocenters. The van der Waals surface area contributed by atoms with Crippen LogP contribution in [0.2, 0.25) is 10.2 Å². The van der Waals surface area contributed by atoms with Gasteiger partial charge in [0.25, 0.3) is 0 Å². The number of rotatable bonds is 0. The Morgan fingerprint density at radius 1 is 1.31 bits per heavy atom. The Hall–Kier alpha value is 0.550. The van der Waals surface area contributed by atoms with Crippen LogP contribution in [-0.2, 0) is 0 Å². The van der Waals surface area contributed by atoms with Crippen molar-refractivity contribution in [3.63, 3.8) is 0 Å². The maximum atomic E-state index is 5.98. The van der Waals surface area contributed by atoms with Crippen LogP contribution in [0.5, 0.6) is 0 Å². The number of aromatic nitrogens is 1. The maximum Gasteiger partial charge on any atom is 0.126 e. The third kappa shape index (κ3) is 1.60. The van der Waals surface area contributed by atoms with Gasteiger partial charge in [-0.3, -0.25) is 0 Å². The summed E-state index contributed by atoms with van der Waals surface area (Å²) in [6.07, 6.45) is 0. The first-order chi connectivity index (χ1) is 6.11. The molecular formula is C8H3BrCl2IN. The molecule has 0 aliphatic rings. The number of benzene rings is 1. The molecule has 1 aromatic heterocycles. The second-order valence-electron chi connectivity index (χ2n) is 2.54. The largest absolute Gasteiger partial charge is 0.343 e. The molecule has 0 amide bonds. The molecule has 68 valence electrons. The normalized spacial score (nSPS) is 11.1. The van der Waals surface area contributed by atoms with Crippen LogP contribution in [-0.4, -0.2) is 4.98 Å². The summed E-state index contributed by atoms with van der Waals surface area (Å²) in [6, 6.07) is 3.94. The number of halogens is 4. The average Bonchev–Trinajstić information content (AvgIpc) is 2.38. The van der Waals surface area contributed by atoms with Crippen molar-refractivity contribution in [2.24, 2.45) is 0 Å². The van der Waals surface area contributed by atoms with Crippen molar-refractivity contribution >= 4 is 72.6 Å². The Kier molecular flexibility index (Phi) is 2.80. The molecule has 1 N–H and O–H groups in total. The smallest absolute Gasteiger partial charge is 0.126 e. The molecule has 1 aromatic carbocycles. The highest BCUT2D eigenvalue weighted by molar-refractivity contribution is 14.1. The van der Waals surface area contributed by atoms with E-state index in [-0.39, 0.29) is 0 Å². The molecule has 1 heterocycles. The van der Waals surface area contributed by atoms with E-state index in [2.05, 4.69) is 43.5 Å². The second-order valence-corrected chi connectivity index (χ2v) is 5.25. The zero-order valence-corrected chi connectivity index (χ0v) is 11.4. The molecule has 0 aliphatic carbocycles. The van der Waals surface area contributed by atoms with E-state index in [9.17, 15) is 0 Å². The fourth-order valence-electron chi connectivity index (χ4n) is 1.14. The standard InChI is InChI=1S/C8H3BrCl2IN/c9-5-4(12)2-1-3-6(10)8(11)13-7(3)5/h1-2,13H. The summed E-state index contributed by atoms with van der Waals surface area (Å²) >= 11 is 17.6. The topological polar surface area (TPSA) is 15.8 Å². The summed E-state index contributed by atoms with van der Waals surface area (Å²) in [5, 5.41) is 2.01. The minimum absolute atomic E-state index is 0.486. The van der Waals surface area contributed by atoms with E-state index in [1.54, 1.807) is 0 Å². The van der Waals surface area contributed by atoms with Gasteiger partial charge in [-0.05, 0) is 44.6 Å². The summed E-state index contributed by atoms with van der Waals surface area (Å²) in [7, 11) is 0. The average molecular weight is 391 g/mol. The first kappa shape index (κ1) is 10.1. The summed E-state index contributed by atoms with van der Waals surface area (Å²) in [5.41, 5.74) is 0.946. The lowest BCUT2D eigenvalue weighted by molar-refractivity contribution is 1.45. The van der Waals surface area contributed by atoms with Gasteiger partial charge < -0.3 is 4.98 Å². The van der Waals surface area contributed by atoms with Crippen LogP contribution in [0.25, 0.3) is 10.9 Å². The molecular weight excluding hydrogens is 388 g/mol. The SMILES string of the molecule is Clc1[nH]c2c(Br)c(I)ccc2c1Cl. The van der Waals surface area contributed by atoms with Crippen LogP contribution in [0.3, 0.4) is 0 Å². The van der Waals surface area contributed by atoms with Crippen molar-refractivity contribution in [3.8, 4) is 0 Å². The van der Waals surface area contributed by atoms with Crippen LogP contribution < -0.4 is 0 Å². The molecule has 0 fully saturated rings. The van der Waals surface area contributed by atoms with Gasteiger partial charge in [0, 0.05) is 8.96 Å². The molecule has 0 bridgehead atoms. The van der Waals surface area contributed by atoms with E-state index in [1.165, 1.54) is 0 Å². The third-order valence-corrected chi connectivity index (χ3v) is 5.00. The highest BCUT2D eigenvalue weighted by Crippen LogP contribution is 2.36. The monoisotopic (exact) mass is 389 g/mol. The summed E-state index contributed by atoms with van der Waals surface area (Å²) in [6.45, 7) is 0. The minimum Gasteiger partial charge on any atom is -0.343 e. The molecule has 2 aromatic rings. The molecule has 0 radical (unpaired) electrons. The van der Waals surface area contributed by atoms with Crippen molar-refractivity contribution in [3.05, 3.63) is 30.4 Å². The van der Waals surface area contributed by atoms with Crippen molar-refractivity contribution in [2.45, 2.75) is 0 Å². The number of hydrogen-bond donors (Lipinski definition) is 1. The Balaban J connectivity index is 2.94. The number of hydrogen-bond acceptors (Lipinski definition) is 0. The van der Waals surface area contributed by atoms with Crippen LogP contribution in [0.4, 0.5) is 0 Å². The highest BCUT2D eigenvalue weighted by Gasteiger charge is 2.11. The molecule has 0 saturated carbocycles. The zero-order valence-electron chi connectivity index (χ0n) is 6.17. The fraction of sp³-hybridized carbons (Fsp3) is 0. The molecule has 2 rings (SSSR count). The van der Waals surface area contributed by atoms with E-state index in [1.807, 2.05) is 12.1 Å². The van der Waals surface area contributed by atoms with Gasteiger partial charge in [-0.25, -0.2) is 0 Å². The number of fused-ring (bicyclic) bond motifs is 1. The summed E-state index contributed by atoms with van der Waals surface area (Å²) in [5.74, 6) is 0. The lowest BCUT2D eigenvalue weighted by Crippen LogP contribution is -1.76. The van der Waals surface area contributed by atoms with Gasteiger partial charge in [0.1, 0.15) is 5.15 Å². The van der Waals surface area contributed by atoms with E-state index in [0.29, 0.717) is 10.2 Å². The van der Waals surface area contributed by atoms with Gasteiger partial charge in [0.2, 0.25) is 0 Å². The minimum atomic E-state index is 0.486. The quantitative estimate of drug-likeness (QED) is 0.619. The predicted octanol–water partition coefficient (Wildman–Crippen LogP) is 4.84. The summed E-state index contributed by atoms with van der Waals surface area (Å²) in [4.78, 5) is 3.02. The molecule has 1 nitrogen and oxygen atoms in total. The van der Waals surface area contributed by atoms with Gasteiger partial charge in [-0.1, -0.05) is 29.3 Å². The second kappa shape index (κ2) is 3.61. The van der Waals surface area contributed by atoms with Gasteiger partial charge in [-0.2, -0.15) is 0 Å². The van der Waals surface area contributed by atoms with E-state index >= 15 is 0 Å². The van der Waals surface area contributed by atoms with E-state index in [4.69, 9.17) is 23.2 Å². The Morgan fingerprint density at radius 2 is 2.00 bits per heavy atom. The van der Waals surface area contributed by atoms with Crippen molar-refractivity contribution in [2.75, 3.05) is 0 Å². The van der Waals surface area contributed by atoms with Crippen LogP contribution in [0.1, 0.15) is 0 Å². The van der Waals surface area contributed by atoms with E-state index < -0.39 is 0 Å². The van der Waals surface area contributed by atoms with Crippen LogP contribution in [0.15, 0.2) is 16.6 Å². The van der Waals surface area contributed by atoms with Gasteiger partial charge in [0.05, 0.1) is 15.0 Å². The molecule has 5 heteroatoms. The van der Waals surface area contributed by atoms with Crippen LogP contribution in [0, 0.1) is 3.57 Å². The highest BCUT2D eigenvalue weighted by atomic mass is 127. The Morgan fingerprint density at radius 3 is 2.69 bits per heavy atom. The third-order valence-electron chi connectivity index (χ3n) is 1.76. The number of aromatic amines is 1. The zero-order chi connectivity index (χ0) is 9.59. The lowest BCUT2D eigenvalue weighted by Gasteiger charge is -1.96. The molecule has 0 saturated heterocycles. The lowest BCUT2D eigenvalue weighted by atomic mass is 10.2. The molecule has 0 atom stereocenters. The molecule has 13 heavy (non-hydrogen) atoms. The first-order valence-electron chi connectivity index (χ1n) is 3.42. The van der Waals surface area contributed by atoms with Crippen LogP contribution >= 0.6 is 61.7 Å². The summed E-state index contributed by atoms with van der Waals surface area (Å²) < 4.78 is 2.12. The molecule has 0 aliphatic heterocycles. The number of nitrogens with one attached hydrogen (secondary N) is 1.